The van der Waals surface area contributed by atoms with Gasteiger partial charge in [-0.2, -0.15) is 0 Å². The first-order valence-electron chi connectivity index (χ1n) is 6.76. The van der Waals surface area contributed by atoms with Crippen LogP contribution in [-0.2, 0) is 15.4 Å². The number of fused-ring (bicyclic) bond motifs is 1. The van der Waals surface area contributed by atoms with Crippen molar-refractivity contribution in [3.05, 3.63) is 35.2 Å². The fourth-order valence-corrected chi connectivity index (χ4v) is 4.16. The molecule has 0 saturated heterocycles. The first kappa shape index (κ1) is 15.5. The standard InChI is InChI=1S/C15H20O3S2/c1-3-20(17,18)10-6-9-15(2,16)14-11-12-7-4-5-8-13(12)19-14/h4-5,7-8,11,16H,3,6,9-10H2,1-2H3. The monoisotopic (exact) mass is 312 g/mol. The summed E-state index contributed by atoms with van der Waals surface area (Å²) in [6.07, 6.45) is 0.941. The third-order valence-electron chi connectivity index (χ3n) is 3.52. The summed E-state index contributed by atoms with van der Waals surface area (Å²) < 4.78 is 24.1. The molecule has 5 heteroatoms. The minimum Gasteiger partial charge on any atom is -0.385 e. The molecule has 0 fully saturated rings. The van der Waals surface area contributed by atoms with E-state index in [4.69, 9.17) is 0 Å². The minimum atomic E-state index is -2.96. The molecule has 2 aromatic rings. The number of benzene rings is 1. The highest BCUT2D eigenvalue weighted by Crippen LogP contribution is 2.35. The summed E-state index contributed by atoms with van der Waals surface area (Å²) in [4.78, 5) is 0.896. The first-order valence-corrected chi connectivity index (χ1v) is 9.40. The van der Waals surface area contributed by atoms with Crippen molar-refractivity contribution in [2.45, 2.75) is 32.3 Å². The fraction of sp³-hybridized carbons (Fsp3) is 0.467. The van der Waals surface area contributed by atoms with Gasteiger partial charge in [-0.25, -0.2) is 8.42 Å². The summed E-state index contributed by atoms with van der Waals surface area (Å²) in [6, 6.07) is 9.99. The van der Waals surface area contributed by atoms with Crippen molar-refractivity contribution in [2.75, 3.05) is 11.5 Å². The van der Waals surface area contributed by atoms with Gasteiger partial charge in [-0.15, -0.1) is 11.3 Å². The van der Waals surface area contributed by atoms with Gasteiger partial charge in [0.2, 0.25) is 0 Å². The summed E-state index contributed by atoms with van der Waals surface area (Å²) >= 11 is 1.57. The number of thiophene rings is 1. The van der Waals surface area contributed by atoms with Crippen molar-refractivity contribution in [3.8, 4) is 0 Å². The summed E-state index contributed by atoms with van der Waals surface area (Å²) in [7, 11) is -2.96. The van der Waals surface area contributed by atoms with E-state index in [0.717, 1.165) is 15.0 Å². The third-order valence-corrected chi connectivity index (χ3v) is 6.67. The molecule has 0 radical (unpaired) electrons. The van der Waals surface area contributed by atoms with E-state index in [9.17, 15) is 13.5 Å². The predicted molar refractivity (Wildman–Crippen MR) is 85.0 cm³/mol. The number of sulfone groups is 1. The summed E-state index contributed by atoms with van der Waals surface area (Å²) in [5.74, 6) is 0.308. The lowest BCUT2D eigenvalue weighted by Gasteiger charge is -2.21. The van der Waals surface area contributed by atoms with E-state index < -0.39 is 15.4 Å². The van der Waals surface area contributed by atoms with E-state index >= 15 is 0 Å². The Morgan fingerprint density at radius 1 is 1.30 bits per heavy atom. The van der Waals surface area contributed by atoms with Crippen LogP contribution in [0, 0.1) is 0 Å². The second-order valence-electron chi connectivity index (χ2n) is 5.26. The molecule has 0 aliphatic rings. The van der Waals surface area contributed by atoms with Crippen LogP contribution in [0.25, 0.3) is 10.1 Å². The molecule has 1 aromatic heterocycles. The fourth-order valence-electron chi connectivity index (χ4n) is 2.15. The molecular formula is C15H20O3S2. The summed E-state index contributed by atoms with van der Waals surface area (Å²) in [6.45, 7) is 3.41. The maximum absolute atomic E-state index is 11.5. The maximum Gasteiger partial charge on any atom is 0.150 e. The van der Waals surface area contributed by atoms with Gasteiger partial charge in [0.25, 0.3) is 0 Å². The van der Waals surface area contributed by atoms with Gasteiger partial charge in [-0.3, -0.25) is 0 Å². The zero-order valence-corrected chi connectivity index (χ0v) is 13.4. The number of rotatable bonds is 6. The van der Waals surface area contributed by atoms with Crippen molar-refractivity contribution < 1.29 is 13.5 Å². The molecule has 2 rings (SSSR count). The van der Waals surface area contributed by atoms with Crippen LogP contribution in [0.15, 0.2) is 30.3 Å². The lowest BCUT2D eigenvalue weighted by atomic mass is 9.98. The molecule has 1 aromatic carbocycles. The Balaban J connectivity index is 2.09. The van der Waals surface area contributed by atoms with E-state index in [1.54, 1.807) is 25.2 Å². The molecule has 1 heterocycles. The Labute approximate surface area is 124 Å². The predicted octanol–water partition coefficient (Wildman–Crippen LogP) is 3.32. The Kier molecular flexibility index (Phi) is 4.52. The molecule has 20 heavy (non-hydrogen) atoms. The van der Waals surface area contributed by atoms with Crippen molar-refractivity contribution in [1.29, 1.82) is 0 Å². The Morgan fingerprint density at radius 2 is 2.00 bits per heavy atom. The van der Waals surface area contributed by atoms with Gasteiger partial charge >= 0.3 is 0 Å². The Hall–Kier alpha value is -0.910. The van der Waals surface area contributed by atoms with Gasteiger partial charge in [-0.1, -0.05) is 25.1 Å². The molecule has 0 bridgehead atoms. The van der Waals surface area contributed by atoms with E-state index in [-0.39, 0.29) is 11.5 Å². The second kappa shape index (κ2) is 5.84. The number of aliphatic hydroxyl groups is 1. The minimum absolute atomic E-state index is 0.143. The van der Waals surface area contributed by atoms with Crippen LogP contribution >= 0.6 is 11.3 Å². The van der Waals surface area contributed by atoms with Crippen LogP contribution < -0.4 is 0 Å². The van der Waals surface area contributed by atoms with Gasteiger partial charge in [0, 0.05) is 15.3 Å². The highest BCUT2D eigenvalue weighted by atomic mass is 32.2. The quantitative estimate of drug-likeness (QED) is 0.890. The Bertz CT molecular complexity index is 651. The zero-order valence-electron chi connectivity index (χ0n) is 11.8. The van der Waals surface area contributed by atoms with Crippen LogP contribution in [-0.4, -0.2) is 25.0 Å². The molecular weight excluding hydrogens is 292 g/mol. The largest absolute Gasteiger partial charge is 0.385 e. The average Bonchev–Trinajstić information content (AvgIpc) is 2.83. The van der Waals surface area contributed by atoms with Gasteiger partial charge < -0.3 is 5.11 Å². The molecule has 0 aliphatic heterocycles. The number of hydrogen-bond acceptors (Lipinski definition) is 4. The van der Waals surface area contributed by atoms with E-state index in [2.05, 4.69) is 0 Å². The SMILES string of the molecule is CCS(=O)(=O)CCCC(C)(O)c1cc2ccccc2s1. The van der Waals surface area contributed by atoms with Crippen molar-refractivity contribution in [2.24, 2.45) is 0 Å². The van der Waals surface area contributed by atoms with Crippen LogP contribution in [0.1, 0.15) is 31.6 Å². The smallest absolute Gasteiger partial charge is 0.150 e. The molecule has 0 spiro atoms. The molecule has 0 aliphatic carbocycles. The van der Waals surface area contributed by atoms with Gasteiger partial charge in [0.15, 0.2) is 0 Å². The van der Waals surface area contributed by atoms with Gasteiger partial charge in [-0.05, 0) is 37.3 Å². The molecule has 3 nitrogen and oxygen atoms in total. The molecule has 0 saturated carbocycles. The van der Waals surface area contributed by atoms with Crippen LogP contribution in [0.2, 0.25) is 0 Å². The topological polar surface area (TPSA) is 54.4 Å². The molecule has 110 valence electrons. The van der Waals surface area contributed by atoms with Gasteiger partial charge in [0.05, 0.1) is 11.4 Å². The highest BCUT2D eigenvalue weighted by Gasteiger charge is 2.25. The van der Waals surface area contributed by atoms with Crippen molar-refractivity contribution in [1.82, 2.24) is 0 Å². The summed E-state index contributed by atoms with van der Waals surface area (Å²) in [5.41, 5.74) is -0.965. The molecule has 1 N–H and O–H groups in total. The molecule has 0 amide bonds. The molecule has 1 atom stereocenters. The highest BCUT2D eigenvalue weighted by molar-refractivity contribution is 7.91. The summed E-state index contributed by atoms with van der Waals surface area (Å²) in [5, 5.41) is 11.7. The van der Waals surface area contributed by atoms with Gasteiger partial charge in [0.1, 0.15) is 9.84 Å². The lowest BCUT2D eigenvalue weighted by molar-refractivity contribution is 0.0510. The van der Waals surface area contributed by atoms with E-state index in [1.165, 1.54) is 0 Å². The lowest BCUT2D eigenvalue weighted by Crippen LogP contribution is -2.21. The molecule has 1 unspecified atom stereocenters. The zero-order chi connectivity index (χ0) is 14.8. The third kappa shape index (κ3) is 3.59. The second-order valence-corrected chi connectivity index (χ2v) is 8.82. The van der Waals surface area contributed by atoms with Crippen LogP contribution in [0.3, 0.4) is 0 Å². The normalized spacial score (nSPS) is 15.3. The van der Waals surface area contributed by atoms with Crippen LogP contribution in [0.5, 0.6) is 0 Å². The van der Waals surface area contributed by atoms with Crippen LogP contribution in [0.4, 0.5) is 0 Å². The van der Waals surface area contributed by atoms with E-state index in [1.807, 2.05) is 30.3 Å². The maximum atomic E-state index is 11.5. The first-order chi connectivity index (χ1) is 9.34. The van der Waals surface area contributed by atoms with Crippen molar-refractivity contribution >= 4 is 31.3 Å². The number of hydrogen-bond donors (Lipinski definition) is 1. The van der Waals surface area contributed by atoms with Crippen molar-refractivity contribution in [3.63, 3.8) is 0 Å². The average molecular weight is 312 g/mol. The van der Waals surface area contributed by atoms with E-state index in [0.29, 0.717) is 12.8 Å². The Morgan fingerprint density at radius 3 is 2.65 bits per heavy atom.